The molecule has 0 spiro atoms. The molecule has 1 aromatic carbocycles. The van der Waals surface area contributed by atoms with Crippen molar-refractivity contribution in [2.45, 2.75) is 20.3 Å². The van der Waals surface area contributed by atoms with Crippen molar-refractivity contribution in [3.05, 3.63) is 30.1 Å². The maximum atomic E-state index is 13.8. The first-order chi connectivity index (χ1) is 8.08. The molecule has 0 bridgehead atoms. The third-order valence-electron chi connectivity index (χ3n) is 3.20. The van der Waals surface area contributed by atoms with Crippen LogP contribution in [-0.2, 0) is 0 Å². The molecule has 1 heterocycles. The van der Waals surface area contributed by atoms with Gasteiger partial charge in [0.15, 0.2) is 0 Å². The van der Waals surface area contributed by atoms with E-state index in [1.54, 1.807) is 12.1 Å². The van der Waals surface area contributed by atoms with Crippen molar-refractivity contribution in [1.82, 2.24) is 5.32 Å². The Bertz CT molecular complexity index is 376. The summed E-state index contributed by atoms with van der Waals surface area (Å²) >= 11 is 0. The number of nitrogens with one attached hydrogen (secondary N) is 1. The van der Waals surface area contributed by atoms with Gasteiger partial charge in [-0.2, -0.15) is 0 Å². The van der Waals surface area contributed by atoms with Crippen molar-refractivity contribution in [3.63, 3.8) is 0 Å². The van der Waals surface area contributed by atoms with E-state index in [1.807, 2.05) is 12.1 Å². The Kier molecular flexibility index (Phi) is 3.67. The van der Waals surface area contributed by atoms with Crippen LogP contribution in [0.1, 0.15) is 20.3 Å². The molecule has 17 heavy (non-hydrogen) atoms. The molecule has 2 rings (SSSR count). The predicted molar refractivity (Wildman–Crippen MR) is 69.9 cm³/mol. The molecule has 1 aliphatic heterocycles. The van der Waals surface area contributed by atoms with Gasteiger partial charge in [0.05, 0.1) is 5.69 Å². The average molecular weight is 236 g/mol. The van der Waals surface area contributed by atoms with Crippen molar-refractivity contribution in [2.24, 2.45) is 5.41 Å². The SMILES string of the molecule is CC1(C)CNCCCN(c2ccccc2F)C1. The van der Waals surface area contributed by atoms with Crippen molar-refractivity contribution >= 4 is 5.69 Å². The van der Waals surface area contributed by atoms with E-state index in [9.17, 15) is 4.39 Å². The molecule has 0 aliphatic carbocycles. The molecule has 1 N–H and O–H groups in total. The Morgan fingerprint density at radius 1 is 1.29 bits per heavy atom. The van der Waals surface area contributed by atoms with Gasteiger partial charge in [0.2, 0.25) is 0 Å². The average Bonchev–Trinajstić information content (AvgIpc) is 2.25. The van der Waals surface area contributed by atoms with Gasteiger partial charge in [-0.3, -0.25) is 0 Å². The number of anilines is 1. The molecule has 1 saturated heterocycles. The Morgan fingerprint density at radius 3 is 2.82 bits per heavy atom. The first-order valence-electron chi connectivity index (χ1n) is 6.29. The maximum Gasteiger partial charge on any atom is 0.146 e. The first kappa shape index (κ1) is 12.4. The second-order valence-corrected chi connectivity index (χ2v) is 5.57. The minimum atomic E-state index is -0.114. The van der Waals surface area contributed by atoms with Crippen molar-refractivity contribution in [1.29, 1.82) is 0 Å². The van der Waals surface area contributed by atoms with Crippen LogP contribution < -0.4 is 10.2 Å². The summed E-state index contributed by atoms with van der Waals surface area (Å²) in [5, 5.41) is 3.44. The first-order valence-corrected chi connectivity index (χ1v) is 6.29. The van der Waals surface area contributed by atoms with E-state index in [4.69, 9.17) is 0 Å². The molecule has 0 amide bonds. The molecule has 0 atom stereocenters. The summed E-state index contributed by atoms with van der Waals surface area (Å²) in [5.74, 6) is -0.114. The number of rotatable bonds is 1. The van der Waals surface area contributed by atoms with Gasteiger partial charge in [-0.1, -0.05) is 26.0 Å². The lowest BCUT2D eigenvalue weighted by Gasteiger charge is -2.36. The third-order valence-corrected chi connectivity index (χ3v) is 3.20. The Labute approximate surface area is 103 Å². The van der Waals surface area contributed by atoms with Crippen LogP contribution in [0.4, 0.5) is 10.1 Å². The summed E-state index contributed by atoms with van der Waals surface area (Å²) in [4.78, 5) is 2.18. The van der Waals surface area contributed by atoms with Crippen molar-refractivity contribution < 1.29 is 4.39 Å². The molecule has 1 aromatic rings. The van der Waals surface area contributed by atoms with Gasteiger partial charge < -0.3 is 10.2 Å². The van der Waals surface area contributed by atoms with Gasteiger partial charge >= 0.3 is 0 Å². The molecule has 0 saturated carbocycles. The molecule has 1 aliphatic rings. The minimum absolute atomic E-state index is 0.114. The van der Waals surface area contributed by atoms with Gasteiger partial charge in [-0.25, -0.2) is 4.39 Å². The zero-order chi connectivity index (χ0) is 12.3. The van der Waals surface area contributed by atoms with Crippen LogP contribution in [0.25, 0.3) is 0 Å². The minimum Gasteiger partial charge on any atom is -0.369 e. The van der Waals surface area contributed by atoms with E-state index < -0.39 is 0 Å². The summed E-state index contributed by atoms with van der Waals surface area (Å²) in [5.41, 5.74) is 0.908. The predicted octanol–water partition coefficient (Wildman–Crippen LogP) is 2.65. The largest absolute Gasteiger partial charge is 0.369 e. The number of benzene rings is 1. The summed E-state index contributed by atoms with van der Waals surface area (Å²) in [6, 6.07) is 7.07. The highest BCUT2D eigenvalue weighted by Crippen LogP contribution is 2.25. The monoisotopic (exact) mass is 236 g/mol. The highest BCUT2D eigenvalue weighted by Gasteiger charge is 2.24. The normalized spacial score (nSPS) is 20.8. The Balaban J connectivity index is 2.20. The van der Waals surface area contributed by atoms with Crippen LogP contribution in [0.5, 0.6) is 0 Å². The molecule has 0 unspecified atom stereocenters. The number of para-hydroxylation sites is 1. The molecule has 1 fully saturated rings. The van der Waals surface area contributed by atoms with E-state index in [2.05, 4.69) is 24.1 Å². The molecule has 0 radical (unpaired) electrons. The van der Waals surface area contributed by atoms with Crippen LogP contribution in [0.2, 0.25) is 0 Å². The van der Waals surface area contributed by atoms with Gasteiger partial charge in [-0.15, -0.1) is 0 Å². The molecular formula is C14H21FN2. The molecule has 0 aromatic heterocycles. The van der Waals surface area contributed by atoms with E-state index in [1.165, 1.54) is 0 Å². The summed E-state index contributed by atoms with van der Waals surface area (Å²) < 4.78 is 13.8. The van der Waals surface area contributed by atoms with Crippen LogP contribution in [-0.4, -0.2) is 26.2 Å². The molecule has 94 valence electrons. The van der Waals surface area contributed by atoms with Gasteiger partial charge in [0, 0.05) is 19.6 Å². The zero-order valence-corrected chi connectivity index (χ0v) is 10.7. The number of hydrogen-bond donors (Lipinski definition) is 1. The van der Waals surface area contributed by atoms with Crippen molar-refractivity contribution in [3.8, 4) is 0 Å². The van der Waals surface area contributed by atoms with Crippen LogP contribution in [0, 0.1) is 11.2 Å². The molecular weight excluding hydrogens is 215 g/mol. The van der Waals surface area contributed by atoms with E-state index >= 15 is 0 Å². The van der Waals surface area contributed by atoms with Crippen molar-refractivity contribution in [2.75, 3.05) is 31.1 Å². The fraction of sp³-hybridized carbons (Fsp3) is 0.571. The van der Waals surface area contributed by atoms with Crippen LogP contribution in [0.3, 0.4) is 0 Å². The molecule has 3 heteroatoms. The lowest BCUT2D eigenvalue weighted by Crippen LogP contribution is -2.44. The van der Waals surface area contributed by atoms with Gasteiger partial charge in [-0.05, 0) is 30.5 Å². The smallest absolute Gasteiger partial charge is 0.146 e. The fourth-order valence-corrected chi connectivity index (χ4v) is 2.39. The maximum absolute atomic E-state index is 13.8. The second-order valence-electron chi connectivity index (χ2n) is 5.57. The second kappa shape index (κ2) is 5.05. The van der Waals surface area contributed by atoms with Crippen LogP contribution >= 0.6 is 0 Å². The zero-order valence-electron chi connectivity index (χ0n) is 10.7. The quantitative estimate of drug-likeness (QED) is 0.806. The topological polar surface area (TPSA) is 15.3 Å². The summed E-state index contributed by atoms with van der Waals surface area (Å²) in [6.07, 6.45) is 1.06. The van der Waals surface area contributed by atoms with E-state index in [0.29, 0.717) is 0 Å². The summed E-state index contributed by atoms with van der Waals surface area (Å²) in [6.45, 7) is 8.24. The lowest BCUT2D eigenvalue weighted by atomic mass is 9.91. The van der Waals surface area contributed by atoms with Gasteiger partial charge in [0.25, 0.3) is 0 Å². The molecule has 2 nitrogen and oxygen atoms in total. The van der Waals surface area contributed by atoms with E-state index in [-0.39, 0.29) is 11.2 Å². The third kappa shape index (κ3) is 3.19. The number of halogens is 1. The number of nitrogens with zero attached hydrogens (tertiary/aromatic N) is 1. The number of hydrogen-bond acceptors (Lipinski definition) is 2. The fourth-order valence-electron chi connectivity index (χ4n) is 2.39. The lowest BCUT2D eigenvalue weighted by molar-refractivity contribution is 0.324. The van der Waals surface area contributed by atoms with Crippen LogP contribution in [0.15, 0.2) is 24.3 Å². The summed E-state index contributed by atoms with van der Waals surface area (Å²) in [7, 11) is 0. The Morgan fingerprint density at radius 2 is 2.06 bits per heavy atom. The highest BCUT2D eigenvalue weighted by molar-refractivity contribution is 5.47. The highest BCUT2D eigenvalue weighted by atomic mass is 19.1. The van der Waals surface area contributed by atoms with E-state index in [0.717, 1.165) is 38.3 Å². The Hall–Kier alpha value is -1.09. The standard InChI is InChI=1S/C14H21FN2/c1-14(2)10-16-8-5-9-17(11-14)13-7-4-3-6-12(13)15/h3-4,6-7,16H,5,8-11H2,1-2H3. The van der Waals surface area contributed by atoms with Gasteiger partial charge in [0.1, 0.15) is 5.82 Å².